The van der Waals surface area contributed by atoms with Crippen molar-refractivity contribution in [3.63, 3.8) is 0 Å². The van der Waals surface area contributed by atoms with Gasteiger partial charge in [0.05, 0.1) is 6.07 Å². The summed E-state index contributed by atoms with van der Waals surface area (Å²) in [5.41, 5.74) is 0. The number of nitriles is 1. The summed E-state index contributed by atoms with van der Waals surface area (Å²) in [6, 6.07) is 1.90. The Labute approximate surface area is 72.8 Å². The molecule has 1 aliphatic rings. The van der Waals surface area contributed by atoms with Gasteiger partial charge in [-0.05, 0) is 18.8 Å². The molecule has 0 spiro atoms. The minimum atomic E-state index is 0.0570. The van der Waals surface area contributed by atoms with Gasteiger partial charge in [0.2, 0.25) is 5.91 Å². The van der Waals surface area contributed by atoms with Gasteiger partial charge in [-0.25, -0.2) is 0 Å². The summed E-state index contributed by atoms with van der Waals surface area (Å²) < 4.78 is 0. The highest BCUT2D eigenvalue weighted by Crippen LogP contribution is 2.30. The van der Waals surface area contributed by atoms with Crippen LogP contribution in [0.5, 0.6) is 0 Å². The average molecular weight is 166 g/mol. The van der Waals surface area contributed by atoms with Gasteiger partial charge in [0.15, 0.2) is 0 Å². The predicted molar refractivity (Wildman–Crippen MR) is 45.1 cm³/mol. The molecule has 1 saturated carbocycles. The third kappa shape index (κ3) is 1.97. The molecule has 2 atom stereocenters. The van der Waals surface area contributed by atoms with Crippen LogP contribution in [0.25, 0.3) is 0 Å². The Kier molecular flexibility index (Phi) is 3.09. The molecule has 0 radical (unpaired) electrons. The van der Waals surface area contributed by atoms with E-state index in [1.165, 1.54) is 0 Å². The Bertz CT molecular complexity index is 207. The van der Waals surface area contributed by atoms with E-state index in [4.69, 9.17) is 5.26 Å². The van der Waals surface area contributed by atoms with Gasteiger partial charge < -0.3 is 5.32 Å². The molecule has 1 aliphatic carbocycles. The first-order chi connectivity index (χ1) is 5.75. The summed E-state index contributed by atoms with van der Waals surface area (Å²) in [4.78, 5) is 11.4. The highest BCUT2D eigenvalue weighted by Gasteiger charge is 2.29. The minimum Gasteiger partial charge on any atom is -0.343 e. The highest BCUT2D eigenvalue weighted by atomic mass is 16.1. The molecule has 0 saturated heterocycles. The zero-order valence-corrected chi connectivity index (χ0v) is 7.34. The molecule has 12 heavy (non-hydrogen) atoms. The van der Waals surface area contributed by atoms with E-state index >= 15 is 0 Å². The Hall–Kier alpha value is -1.04. The third-order valence-electron chi connectivity index (χ3n) is 2.54. The van der Waals surface area contributed by atoms with Crippen LogP contribution >= 0.6 is 0 Å². The van der Waals surface area contributed by atoms with Crippen molar-refractivity contribution in [1.29, 1.82) is 5.26 Å². The summed E-state index contributed by atoms with van der Waals surface area (Å²) in [6.07, 6.45) is 3.27. The fraction of sp³-hybridized carbons (Fsp3) is 0.778. The standard InChI is InChI=1S/C9H14N2O/c1-7-3-2-4-8(7)9(12)11-6-5-10/h7-8H,2-4,6H2,1H3,(H,11,12). The van der Waals surface area contributed by atoms with Crippen LogP contribution in [0, 0.1) is 23.2 Å². The molecule has 0 heterocycles. The number of amides is 1. The molecule has 66 valence electrons. The van der Waals surface area contributed by atoms with Crippen LogP contribution in [0.3, 0.4) is 0 Å². The summed E-state index contributed by atoms with van der Waals surface area (Å²) in [5.74, 6) is 0.698. The van der Waals surface area contributed by atoms with Gasteiger partial charge in [0.25, 0.3) is 0 Å². The number of hydrogen-bond donors (Lipinski definition) is 1. The van der Waals surface area contributed by atoms with Gasteiger partial charge in [0, 0.05) is 5.92 Å². The Morgan fingerprint density at radius 3 is 2.92 bits per heavy atom. The first-order valence-corrected chi connectivity index (χ1v) is 4.40. The van der Waals surface area contributed by atoms with E-state index in [2.05, 4.69) is 12.2 Å². The van der Waals surface area contributed by atoms with Gasteiger partial charge in [-0.1, -0.05) is 13.3 Å². The average Bonchev–Trinajstić information content (AvgIpc) is 2.47. The normalized spacial score (nSPS) is 28.0. The number of nitrogens with zero attached hydrogens (tertiary/aromatic N) is 1. The molecular weight excluding hydrogens is 152 g/mol. The van der Waals surface area contributed by atoms with Crippen molar-refractivity contribution in [3.8, 4) is 6.07 Å². The zero-order chi connectivity index (χ0) is 8.97. The van der Waals surface area contributed by atoms with Crippen LogP contribution in [0.1, 0.15) is 26.2 Å². The van der Waals surface area contributed by atoms with Crippen molar-refractivity contribution in [2.24, 2.45) is 11.8 Å². The molecule has 1 fully saturated rings. The predicted octanol–water partition coefficient (Wildman–Crippen LogP) is 1.06. The Morgan fingerprint density at radius 1 is 1.67 bits per heavy atom. The number of carbonyl (C=O) groups is 1. The van der Waals surface area contributed by atoms with Crippen LogP contribution in [0.2, 0.25) is 0 Å². The van der Waals surface area contributed by atoms with Gasteiger partial charge >= 0.3 is 0 Å². The van der Waals surface area contributed by atoms with E-state index in [9.17, 15) is 4.79 Å². The fourth-order valence-electron chi connectivity index (χ4n) is 1.79. The van der Waals surface area contributed by atoms with Crippen molar-refractivity contribution >= 4 is 5.91 Å². The minimum absolute atomic E-state index is 0.0570. The molecule has 3 nitrogen and oxygen atoms in total. The smallest absolute Gasteiger partial charge is 0.224 e. The molecule has 1 rings (SSSR count). The highest BCUT2D eigenvalue weighted by molar-refractivity contribution is 5.79. The second kappa shape index (κ2) is 4.10. The monoisotopic (exact) mass is 166 g/mol. The molecule has 1 amide bonds. The third-order valence-corrected chi connectivity index (χ3v) is 2.54. The maximum absolute atomic E-state index is 11.4. The molecule has 0 aromatic carbocycles. The van der Waals surface area contributed by atoms with Crippen molar-refractivity contribution in [2.75, 3.05) is 6.54 Å². The van der Waals surface area contributed by atoms with Crippen molar-refractivity contribution in [3.05, 3.63) is 0 Å². The molecule has 2 unspecified atom stereocenters. The van der Waals surface area contributed by atoms with Gasteiger partial charge in [-0.2, -0.15) is 5.26 Å². The SMILES string of the molecule is CC1CCCC1C(=O)NCC#N. The van der Waals surface area contributed by atoms with Gasteiger partial charge in [0.1, 0.15) is 6.54 Å². The lowest BCUT2D eigenvalue weighted by Crippen LogP contribution is -2.32. The van der Waals surface area contributed by atoms with E-state index in [1.54, 1.807) is 0 Å². The Morgan fingerprint density at radius 2 is 2.42 bits per heavy atom. The van der Waals surface area contributed by atoms with E-state index < -0.39 is 0 Å². The van der Waals surface area contributed by atoms with Gasteiger partial charge in [-0.3, -0.25) is 4.79 Å². The second-order valence-electron chi connectivity index (χ2n) is 3.39. The first kappa shape index (κ1) is 9.05. The summed E-state index contributed by atoms with van der Waals surface area (Å²) in [6.45, 7) is 2.24. The van der Waals surface area contributed by atoms with Crippen LogP contribution in [-0.2, 0) is 4.79 Å². The molecule has 1 N–H and O–H groups in total. The van der Waals surface area contributed by atoms with Crippen molar-refractivity contribution in [2.45, 2.75) is 26.2 Å². The van der Waals surface area contributed by atoms with E-state index in [1.807, 2.05) is 6.07 Å². The summed E-state index contributed by atoms with van der Waals surface area (Å²) in [7, 11) is 0. The number of hydrogen-bond acceptors (Lipinski definition) is 2. The number of carbonyl (C=O) groups excluding carboxylic acids is 1. The lowest BCUT2D eigenvalue weighted by Gasteiger charge is -2.13. The topological polar surface area (TPSA) is 52.9 Å². The van der Waals surface area contributed by atoms with Crippen LogP contribution in [-0.4, -0.2) is 12.5 Å². The van der Waals surface area contributed by atoms with Crippen LogP contribution in [0.15, 0.2) is 0 Å². The molecule has 0 aliphatic heterocycles. The molecule has 0 bridgehead atoms. The van der Waals surface area contributed by atoms with Gasteiger partial charge in [-0.15, -0.1) is 0 Å². The Balaban J connectivity index is 2.37. The molecular formula is C9H14N2O. The molecule has 3 heteroatoms. The second-order valence-corrected chi connectivity index (χ2v) is 3.39. The maximum Gasteiger partial charge on any atom is 0.224 e. The maximum atomic E-state index is 11.4. The van der Waals surface area contributed by atoms with Crippen LogP contribution in [0.4, 0.5) is 0 Å². The van der Waals surface area contributed by atoms with Crippen LogP contribution < -0.4 is 5.32 Å². The van der Waals surface area contributed by atoms with Crippen molar-refractivity contribution in [1.82, 2.24) is 5.32 Å². The summed E-state index contributed by atoms with van der Waals surface area (Å²) in [5, 5.41) is 10.9. The molecule has 0 aromatic heterocycles. The quantitative estimate of drug-likeness (QED) is 0.624. The molecule has 0 aromatic rings. The lowest BCUT2D eigenvalue weighted by atomic mass is 9.97. The van der Waals surface area contributed by atoms with E-state index in [-0.39, 0.29) is 18.4 Å². The number of nitrogens with one attached hydrogen (secondary N) is 1. The van der Waals surface area contributed by atoms with E-state index in [0.29, 0.717) is 5.92 Å². The zero-order valence-electron chi connectivity index (χ0n) is 7.34. The van der Waals surface area contributed by atoms with E-state index in [0.717, 1.165) is 19.3 Å². The fourth-order valence-corrected chi connectivity index (χ4v) is 1.79. The summed E-state index contributed by atoms with van der Waals surface area (Å²) >= 11 is 0. The number of rotatable bonds is 2. The largest absolute Gasteiger partial charge is 0.343 e. The van der Waals surface area contributed by atoms with Crippen molar-refractivity contribution < 1.29 is 4.79 Å². The first-order valence-electron chi connectivity index (χ1n) is 4.40. The lowest BCUT2D eigenvalue weighted by molar-refractivity contribution is -0.125.